The SMILES string of the molecule is CCc1nc(F)ccc1C. The molecule has 0 fully saturated rings. The van der Waals surface area contributed by atoms with Gasteiger partial charge in [-0.25, -0.2) is 4.98 Å². The van der Waals surface area contributed by atoms with Gasteiger partial charge in [0.15, 0.2) is 0 Å². The Morgan fingerprint density at radius 2 is 2.20 bits per heavy atom. The van der Waals surface area contributed by atoms with Gasteiger partial charge in [0.05, 0.1) is 0 Å². The fourth-order valence-corrected chi connectivity index (χ4v) is 0.902. The van der Waals surface area contributed by atoms with E-state index in [4.69, 9.17) is 0 Å². The van der Waals surface area contributed by atoms with E-state index < -0.39 is 0 Å². The maximum Gasteiger partial charge on any atom is 0.213 e. The highest BCUT2D eigenvalue weighted by molar-refractivity contribution is 5.17. The Balaban J connectivity index is 3.09. The van der Waals surface area contributed by atoms with Gasteiger partial charge in [-0.3, -0.25) is 0 Å². The van der Waals surface area contributed by atoms with Crippen LogP contribution in [0, 0.1) is 12.9 Å². The maximum absolute atomic E-state index is 12.4. The molecule has 10 heavy (non-hydrogen) atoms. The molecule has 1 rings (SSSR count). The van der Waals surface area contributed by atoms with Gasteiger partial charge in [0.2, 0.25) is 5.95 Å². The van der Waals surface area contributed by atoms with Crippen molar-refractivity contribution in [2.45, 2.75) is 20.3 Å². The van der Waals surface area contributed by atoms with E-state index in [1.165, 1.54) is 6.07 Å². The maximum atomic E-state index is 12.4. The number of hydrogen-bond donors (Lipinski definition) is 0. The number of nitrogens with zero attached hydrogens (tertiary/aromatic N) is 1. The van der Waals surface area contributed by atoms with Gasteiger partial charge >= 0.3 is 0 Å². The van der Waals surface area contributed by atoms with Crippen molar-refractivity contribution in [3.05, 3.63) is 29.3 Å². The topological polar surface area (TPSA) is 12.9 Å². The molecule has 0 aliphatic heterocycles. The number of halogens is 1. The Morgan fingerprint density at radius 3 is 2.70 bits per heavy atom. The van der Waals surface area contributed by atoms with Gasteiger partial charge in [-0.2, -0.15) is 4.39 Å². The lowest BCUT2D eigenvalue weighted by Crippen LogP contribution is -1.93. The molecule has 0 N–H and O–H groups in total. The molecular weight excluding hydrogens is 129 g/mol. The van der Waals surface area contributed by atoms with E-state index in [0.29, 0.717) is 0 Å². The van der Waals surface area contributed by atoms with Crippen molar-refractivity contribution in [3.8, 4) is 0 Å². The molecule has 0 radical (unpaired) electrons. The van der Waals surface area contributed by atoms with Gasteiger partial charge in [0, 0.05) is 5.69 Å². The highest BCUT2D eigenvalue weighted by Gasteiger charge is 1.97. The second-order valence-corrected chi connectivity index (χ2v) is 2.25. The Kier molecular flexibility index (Phi) is 2.00. The predicted octanol–water partition coefficient (Wildman–Crippen LogP) is 2.09. The monoisotopic (exact) mass is 139 g/mol. The number of pyridine rings is 1. The quantitative estimate of drug-likeness (QED) is 0.543. The first-order valence-corrected chi connectivity index (χ1v) is 3.36. The second-order valence-electron chi connectivity index (χ2n) is 2.25. The zero-order chi connectivity index (χ0) is 7.56. The van der Waals surface area contributed by atoms with Crippen LogP contribution in [-0.2, 0) is 6.42 Å². The summed E-state index contributed by atoms with van der Waals surface area (Å²) < 4.78 is 12.4. The molecule has 0 bridgehead atoms. The van der Waals surface area contributed by atoms with Crippen LogP contribution in [0.4, 0.5) is 4.39 Å². The first-order valence-electron chi connectivity index (χ1n) is 3.36. The van der Waals surface area contributed by atoms with Crippen molar-refractivity contribution < 1.29 is 4.39 Å². The lowest BCUT2D eigenvalue weighted by Gasteiger charge is -1.99. The summed E-state index contributed by atoms with van der Waals surface area (Å²) in [5, 5.41) is 0. The van der Waals surface area contributed by atoms with Gasteiger partial charge in [-0.15, -0.1) is 0 Å². The van der Waals surface area contributed by atoms with E-state index in [0.717, 1.165) is 17.7 Å². The lowest BCUT2D eigenvalue weighted by atomic mass is 10.2. The highest BCUT2D eigenvalue weighted by atomic mass is 19.1. The van der Waals surface area contributed by atoms with E-state index >= 15 is 0 Å². The second kappa shape index (κ2) is 2.78. The van der Waals surface area contributed by atoms with Gasteiger partial charge in [0.25, 0.3) is 0 Å². The third-order valence-corrected chi connectivity index (χ3v) is 1.50. The smallest absolute Gasteiger partial charge is 0.213 e. The molecule has 0 amide bonds. The van der Waals surface area contributed by atoms with Crippen LogP contribution in [0.2, 0.25) is 0 Å². The third-order valence-electron chi connectivity index (χ3n) is 1.50. The van der Waals surface area contributed by atoms with Crippen LogP contribution < -0.4 is 0 Å². The Morgan fingerprint density at radius 1 is 1.50 bits per heavy atom. The number of rotatable bonds is 1. The first-order chi connectivity index (χ1) is 4.74. The van der Waals surface area contributed by atoms with Gasteiger partial charge in [-0.1, -0.05) is 13.0 Å². The third kappa shape index (κ3) is 1.32. The van der Waals surface area contributed by atoms with Crippen LogP contribution in [0.25, 0.3) is 0 Å². The summed E-state index contributed by atoms with van der Waals surface area (Å²) in [6, 6.07) is 3.13. The van der Waals surface area contributed by atoms with Gasteiger partial charge in [-0.05, 0) is 25.0 Å². The summed E-state index contributed by atoms with van der Waals surface area (Å²) in [4.78, 5) is 3.72. The lowest BCUT2D eigenvalue weighted by molar-refractivity contribution is 0.576. The van der Waals surface area contributed by atoms with Crippen LogP contribution in [0.1, 0.15) is 18.2 Å². The minimum atomic E-state index is -0.387. The first kappa shape index (κ1) is 7.19. The molecule has 2 heteroatoms. The van der Waals surface area contributed by atoms with Crippen LogP contribution in [0.15, 0.2) is 12.1 Å². The molecule has 0 saturated heterocycles. The molecule has 0 saturated carbocycles. The average Bonchev–Trinajstić information content (AvgIpc) is 1.94. The average molecular weight is 139 g/mol. The number of aryl methyl sites for hydroxylation is 2. The zero-order valence-corrected chi connectivity index (χ0v) is 6.19. The van der Waals surface area contributed by atoms with E-state index in [1.54, 1.807) is 6.07 Å². The summed E-state index contributed by atoms with van der Waals surface area (Å²) >= 11 is 0. The Labute approximate surface area is 59.9 Å². The van der Waals surface area contributed by atoms with E-state index in [-0.39, 0.29) is 5.95 Å². The number of hydrogen-bond acceptors (Lipinski definition) is 1. The molecule has 1 aromatic rings. The van der Waals surface area contributed by atoms with E-state index in [1.807, 2.05) is 13.8 Å². The molecule has 54 valence electrons. The zero-order valence-electron chi connectivity index (χ0n) is 6.19. The van der Waals surface area contributed by atoms with Crippen LogP contribution in [0.5, 0.6) is 0 Å². The molecule has 0 aromatic carbocycles. The van der Waals surface area contributed by atoms with Gasteiger partial charge < -0.3 is 0 Å². The molecule has 0 aliphatic carbocycles. The summed E-state index contributed by atoms with van der Waals surface area (Å²) in [5.41, 5.74) is 1.91. The minimum absolute atomic E-state index is 0.387. The van der Waals surface area contributed by atoms with Crippen molar-refractivity contribution in [1.29, 1.82) is 0 Å². The van der Waals surface area contributed by atoms with Crippen LogP contribution >= 0.6 is 0 Å². The molecule has 1 aromatic heterocycles. The summed E-state index contributed by atoms with van der Waals surface area (Å²) in [6.45, 7) is 3.90. The molecule has 1 heterocycles. The molecule has 0 aliphatic rings. The summed E-state index contributed by atoms with van der Waals surface area (Å²) in [6.07, 6.45) is 0.795. The Bertz CT molecular complexity index is 233. The standard InChI is InChI=1S/C8H10FN/c1-3-7-6(2)4-5-8(9)10-7/h4-5H,3H2,1-2H3. The normalized spacial score (nSPS) is 9.90. The summed E-state index contributed by atoms with van der Waals surface area (Å²) in [7, 11) is 0. The van der Waals surface area contributed by atoms with Crippen molar-refractivity contribution >= 4 is 0 Å². The van der Waals surface area contributed by atoms with E-state index in [9.17, 15) is 4.39 Å². The highest BCUT2D eigenvalue weighted by Crippen LogP contribution is 2.05. The Hall–Kier alpha value is -0.920. The molecule has 1 nitrogen and oxygen atoms in total. The van der Waals surface area contributed by atoms with Crippen molar-refractivity contribution in [3.63, 3.8) is 0 Å². The van der Waals surface area contributed by atoms with E-state index in [2.05, 4.69) is 4.98 Å². The van der Waals surface area contributed by atoms with Crippen molar-refractivity contribution in [2.24, 2.45) is 0 Å². The summed E-state index contributed by atoms with van der Waals surface area (Å²) in [5.74, 6) is -0.387. The van der Waals surface area contributed by atoms with Crippen molar-refractivity contribution in [2.75, 3.05) is 0 Å². The fourth-order valence-electron chi connectivity index (χ4n) is 0.902. The molecule has 0 unspecified atom stereocenters. The van der Waals surface area contributed by atoms with Crippen molar-refractivity contribution in [1.82, 2.24) is 4.98 Å². The van der Waals surface area contributed by atoms with Crippen LogP contribution in [-0.4, -0.2) is 4.98 Å². The largest absolute Gasteiger partial charge is 0.225 e. The predicted molar refractivity (Wildman–Crippen MR) is 38.3 cm³/mol. The minimum Gasteiger partial charge on any atom is -0.225 e. The molecule has 0 atom stereocenters. The number of aromatic nitrogens is 1. The van der Waals surface area contributed by atoms with Gasteiger partial charge in [0.1, 0.15) is 0 Å². The molecule has 0 spiro atoms. The van der Waals surface area contributed by atoms with Crippen LogP contribution in [0.3, 0.4) is 0 Å². The fraction of sp³-hybridized carbons (Fsp3) is 0.375. The molecular formula is C8H10FN.